The lowest BCUT2D eigenvalue weighted by atomic mass is 10.2. The molecule has 0 amide bonds. The first-order valence-corrected chi connectivity index (χ1v) is 7.65. The second kappa shape index (κ2) is 4.33. The highest BCUT2D eigenvalue weighted by molar-refractivity contribution is 7.15. The predicted molar refractivity (Wildman–Crippen MR) is 72.9 cm³/mol. The van der Waals surface area contributed by atoms with Crippen molar-refractivity contribution in [3.63, 3.8) is 0 Å². The molecule has 1 saturated carbocycles. The van der Waals surface area contributed by atoms with Crippen LogP contribution in [0, 0.1) is 0 Å². The van der Waals surface area contributed by atoms with Crippen molar-refractivity contribution < 1.29 is 0 Å². The van der Waals surface area contributed by atoms with Crippen LogP contribution in [0.2, 0.25) is 0 Å². The van der Waals surface area contributed by atoms with Gasteiger partial charge in [0.1, 0.15) is 0 Å². The second-order valence-corrected chi connectivity index (χ2v) is 6.29. The van der Waals surface area contributed by atoms with E-state index in [1.807, 2.05) is 0 Å². The fourth-order valence-electron chi connectivity index (χ4n) is 2.84. The van der Waals surface area contributed by atoms with Gasteiger partial charge in [-0.15, -0.1) is 11.3 Å². The maximum absolute atomic E-state index is 4.61. The van der Waals surface area contributed by atoms with Crippen molar-refractivity contribution in [1.82, 2.24) is 19.6 Å². The number of fused-ring (bicyclic) bond motifs is 1. The van der Waals surface area contributed by atoms with Crippen molar-refractivity contribution in [2.75, 3.05) is 13.1 Å². The van der Waals surface area contributed by atoms with Gasteiger partial charge in [0.05, 0.1) is 5.69 Å². The zero-order valence-electron chi connectivity index (χ0n) is 10.4. The molecule has 0 aromatic carbocycles. The van der Waals surface area contributed by atoms with Crippen LogP contribution in [0.5, 0.6) is 0 Å². The number of hydrogen-bond donors (Lipinski definition) is 1. The van der Waals surface area contributed by atoms with Crippen LogP contribution < -0.4 is 5.32 Å². The molecule has 0 bridgehead atoms. The van der Waals surface area contributed by atoms with Crippen LogP contribution in [0.3, 0.4) is 0 Å². The lowest BCUT2D eigenvalue weighted by molar-refractivity contribution is 0.317. The fourth-order valence-corrected chi connectivity index (χ4v) is 3.55. The third-order valence-electron chi connectivity index (χ3n) is 4.00. The summed E-state index contributed by atoms with van der Waals surface area (Å²) in [6.07, 6.45) is 8.33. The summed E-state index contributed by atoms with van der Waals surface area (Å²) in [7, 11) is 0. The number of nitrogens with one attached hydrogen (secondary N) is 1. The molecule has 1 atom stereocenters. The van der Waals surface area contributed by atoms with Crippen molar-refractivity contribution in [3.8, 4) is 0 Å². The van der Waals surface area contributed by atoms with Crippen LogP contribution >= 0.6 is 11.3 Å². The molecular weight excluding hydrogens is 244 g/mol. The SMILES string of the molecule is c1cn2cc(CNC3CCN(C4CC4)C3)nc2s1. The highest BCUT2D eigenvalue weighted by Gasteiger charge is 2.34. The van der Waals surface area contributed by atoms with E-state index >= 15 is 0 Å². The summed E-state index contributed by atoms with van der Waals surface area (Å²) in [5.74, 6) is 0. The van der Waals surface area contributed by atoms with Gasteiger partial charge in [0.25, 0.3) is 0 Å². The Bertz CT molecular complexity index is 513. The van der Waals surface area contributed by atoms with Gasteiger partial charge in [0, 0.05) is 49.5 Å². The van der Waals surface area contributed by atoms with Gasteiger partial charge in [-0.05, 0) is 19.3 Å². The minimum absolute atomic E-state index is 0.658. The summed E-state index contributed by atoms with van der Waals surface area (Å²) in [6, 6.07) is 1.57. The fraction of sp³-hybridized carbons (Fsp3) is 0.615. The van der Waals surface area contributed by atoms with E-state index in [9.17, 15) is 0 Å². The summed E-state index contributed by atoms with van der Waals surface area (Å²) in [4.78, 5) is 8.34. The molecule has 2 fully saturated rings. The molecule has 0 radical (unpaired) electrons. The molecule has 3 heterocycles. The number of likely N-dealkylation sites (tertiary alicyclic amines) is 1. The molecular formula is C13H18N4S. The van der Waals surface area contributed by atoms with Gasteiger partial charge < -0.3 is 5.32 Å². The third kappa shape index (κ3) is 2.06. The summed E-state index contributed by atoms with van der Waals surface area (Å²) in [5.41, 5.74) is 1.16. The Kier molecular flexibility index (Phi) is 2.64. The van der Waals surface area contributed by atoms with Gasteiger partial charge >= 0.3 is 0 Å². The molecule has 1 N–H and O–H groups in total. The molecule has 4 nitrogen and oxygen atoms in total. The molecule has 2 aromatic heterocycles. The van der Waals surface area contributed by atoms with E-state index in [0.717, 1.165) is 23.2 Å². The van der Waals surface area contributed by atoms with Crippen molar-refractivity contribution >= 4 is 16.3 Å². The Morgan fingerprint density at radius 3 is 3.17 bits per heavy atom. The van der Waals surface area contributed by atoms with Crippen LogP contribution in [0.15, 0.2) is 17.8 Å². The third-order valence-corrected chi connectivity index (χ3v) is 4.77. The molecule has 0 spiro atoms. The standard InChI is InChI=1S/C13H18N4S/c1-2-12(1)16-4-3-10(8-16)14-7-11-9-17-5-6-18-13(17)15-11/h5-6,9-10,12,14H,1-4,7-8H2. The Hall–Kier alpha value is -0.910. The summed E-state index contributed by atoms with van der Waals surface area (Å²) >= 11 is 1.69. The zero-order chi connectivity index (χ0) is 11.9. The number of thiazole rings is 1. The average Bonchev–Trinajstić information content (AvgIpc) is 2.81. The molecule has 1 saturated heterocycles. The van der Waals surface area contributed by atoms with Crippen molar-refractivity contribution in [2.24, 2.45) is 0 Å². The number of hydrogen-bond acceptors (Lipinski definition) is 4. The summed E-state index contributed by atoms with van der Waals surface area (Å²) < 4.78 is 2.10. The molecule has 18 heavy (non-hydrogen) atoms. The number of rotatable bonds is 4. The van der Waals surface area contributed by atoms with Crippen LogP contribution in [-0.2, 0) is 6.54 Å². The van der Waals surface area contributed by atoms with Gasteiger partial charge in [0.15, 0.2) is 4.96 Å². The molecule has 2 aromatic rings. The first-order chi connectivity index (χ1) is 8.88. The van der Waals surface area contributed by atoms with Crippen LogP contribution in [0.4, 0.5) is 0 Å². The maximum atomic E-state index is 4.61. The predicted octanol–water partition coefficient (Wildman–Crippen LogP) is 1.72. The van der Waals surface area contributed by atoms with Crippen molar-refractivity contribution in [2.45, 2.75) is 37.9 Å². The quantitative estimate of drug-likeness (QED) is 0.910. The smallest absolute Gasteiger partial charge is 0.193 e. The Balaban J connectivity index is 1.34. The lowest BCUT2D eigenvalue weighted by Crippen LogP contribution is -2.32. The number of aromatic nitrogens is 2. The number of imidazole rings is 1. The van der Waals surface area contributed by atoms with Gasteiger partial charge in [0.2, 0.25) is 0 Å². The van der Waals surface area contributed by atoms with E-state index in [1.54, 1.807) is 11.3 Å². The topological polar surface area (TPSA) is 32.6 Å². The Morgan fingerprint density at radius 2 is 2.33 bits per heavy atom. The van der Waals surface area contributed by atoms with Gasteiger partial charge in [-0.2, -0.15) is 0 Å². The molecule has 96 valence electrons. The van der Waals surface area contributed by atoms with E-state index in [1.165, 1.54) is 32.4 Å². The largest absolute Gasteiger partial charge is 0.307 e. The highest BCUT2D eigenvalue weighted by Crippen LogP contribution is 2.29. The van der Waals surface area contributed by atoms with E-state index in [2.05, 4.69) is 37.4 Å². The summed E-state index contributed by atoms with van der Waals surface area (Å²) in [6.45, 7) is 3.41. The second-order valence-electron chi connectivity index (χ2n) is 5.42. The van der Waals surface area contributed by atoms with E-state index < -0.39 is 0 Å². The van der Waals surface area contributed by atoms with Gasteiger partial charge in [-0.25, -0.2) is 4.98 Å². The first kappa shape index (κ1) is 11.0. The molecule has 1 aliphatic carbocycles. The molecule has 1 unspecified atom stereocenters. The van der Waals surface area contributed by atoms with Gasteiger partial charge in [-0.1, -0.05) is 0 Å². The van der Waals surface area contributed by atoms with E-state index in [4.69, 9.17) is 0 Å². The minimum Gasteiger partial charge on any atom is -0.307 e. The van der Waals surface area contributed by atoms with Crippen molar-refractivity contribution in [1.29, 1.82) is 0 Å². The van der Waals surface area contributed by atoms with Crippen LogP contribution in [-0.4, -0.2) is 39.5 Å². The molecule has 4 rings (SSSR count). The monoisotopic (exact) mass is 262 g/mol. The lowest BCUT2D eigenvalue weighted by Gasteiger charge is -2.15. The average molecular weight is 262 g/mol. The van der Waals surface area contributed by atoms with Gasteiger partial charge in [-0.3, -0.25) is 9.30 Å². The number of nitrogens with zero attached hydrogens (tertiary/aromatic N) is 3. The Labute approximate surface area is 111 Å². The van der Waals surface area contributed by atoms with Crippen molar-refractivity contribution in [3.05, 3.63) is 23.5 Å². The molecule has 5 heteroatoms. The van der Waals surface area contributed by atoms with E-state index in [0.29, 0.717) is 6.04 Å². The molecule has 1 aliphatic heterocycles. The Morgan fingerprint density at radius 1 is 1.39 bits per heavy atom. The van der Waals surface area contributed by atoms with Crippen LogP contribution in [0.25, 0.3) is 4.96 Å². The van der Waals surface area contributed by atoms with E-state index in [-0.39, 0.29) is 0 Å². The molecule has 2 aliphatic rings. The first-order valence-electron chi connectivity index (χ1n) is 6.77. The maximum Gasteiger partial charge on any atom is 0.193 e. The highest BCUT2D eigenvalue weighted by atomic mass is 32.1. The zero-order valence-corrected chi connectivity index (χ0v) is 11.2. The normalized spacial score (nSPS) is 25.2. The van der Waals surface area contributed by atoms with Crippen LogP contribution in [0.1, 0.15) is 25.0 Å². The minimum atomic E-state index is 0.658. The summed E-state index contributed by atoms with van der Waals surface area (Å²) in [5, 5.41) is 5.72.